The molecule has 0 spiro atoms. The minimum absolute atomic E-state index is 0.232. The van der Waals surface area contributed by atoms with Gasteiger partial charge in [-0.1, -0.05) is 37.6 Å². The topological polar surface area (TPSA) is 17.8 Å². The molecule has 0 saturated carbocycles. The van der Waals surface area contributed by atoms with Gasteiger partial charge in [0.15, 0.2) is 0 Å². The molecule has 0 unspecified atom stereocenters. The minimum atomic E-state index is -0.232. The third-order valence-electron chi connectivity index (χ3n) is 2.93. The largest absolute Gasteiger partial charge is 0.249 e. The summed E-state index contributed by atoms with van der Waals surface area (Å²) < 4.78 is 14.6. The van der Waals surface area contributed by atoms with Gasteiger partial charge < -0.3 is 0 Å². The van der Waals surface area contributed by atoms with Crippen LogP contribution in [0.2, 0.25) is 5.15 Å². The first kappa shape index (κ1) is 13.1. The maximum atomic E-state index is 12.8. The summed E-state index contributed by atoms with van der Waals surface area (Å²) >= 11 is 6.33. The first-order valence-corrected chi connectivity index (χ1v) is 6.34. The number of aromatic nitrogens is 2. The fraction of sp³-hybridized carbons (Fsp3) is 0.357. The van der Waals surface area contributed by atoms with Crippen molar-refractivity contribution in [2.24, 2.45) is 0 Å². The molecule has 0 amide bonds. The van der Waals surface area contributed by atoms with Gasteiger partial charge in [0.05, 0.1) is 12.2 Å². The smallest absolute Gasteiger partial charge is 0.131 e. The molecule has 0 fully saturated rings. The van der Waals surface area contributed by atoms with Crippen LogP contribution in [-0.4, -0.2) is 9.78 Å². The number of benzene rings is 1. The van der Waals surface area contributed by atoms with Crippen molar-refractivity contribution in [1.82, 2.24) is 9.78 Å². The highest BCUT2D eigenvalue weighted by Gasteiger charge is 2.16. The molecule has 1 aromatic carbocycles. The highest BCUT2D eigenvalue weighted by molar-refractivity contribution is 6.30. The lowest BCUT2D eigenvalue weighted by Gasteiger charge is -2.06. The predicted molar refractivity (Wildman–Crippen MR) is 71.6 cm³/mol. The van der Waals surface area contributed by atoms with Crippen LogP contribution in [-0.2, 0) is 6.54 Å². The van der Waals surface area contributed by atoms with Crippen LogP contribution in [0.15, 0.2) is 24.3 Å². The maximum absolute atomic E-state index is 12.8. The average Bonchev–Trinajstić information content (AvgIpc) is 2.57. The zero-order chi connectivity index (χ0) is 13.3. The minimum Gasteiger partial charge on any atom is -0.249 e. The summed E-state index contributed by atoms with van der Waals surface area (Å²) in [4.78, 5) is 0. The van der Waals surface area contributed by atoms with Crippen LogP contribution in [0.3, 0.4) is 0 Å². The van der Waals surface area contributed by atoms with Crippen molar-refractivity contribution in [2.45, 2.75) is 33.2 Å². The van der Waals surface area contributed by atoms with Gasteiger partial charge in [0.1, 0.15) is 11.0 Å². The number of halogens is 2. The first-order valence-electron chi connectivity index (χ1n) is 5.96. The molecule has 18 heavy (non-hydrogen) atoms. The molecular weight excluding hydrogens is 251 g/mol. The van der Waals surface area contributed by atoms with Gasteiger partial charge in [-0.3, -0.25) is 0 Å². The molecule has 1 heterocycles. The van der Waals surface area contributed by atoms with Gasteiger partial charge in [0.2, 0.25) is 0 Å². The van der Waals surface area contributed by atoms with Crippen molar-refractivity contribution < 1.29 is 4.39 Å². The second-order valence-corrected chi connectivity index (χ2v) is 5.09. The lowest BCUT2D eigenvalue weighted by Crippen LogP contribution is -2.02. The van der Waals surface area contributed by atoms with Crippen molar-refractivity contribution in [3.05, 3.63) is 52.1 Å². The summed E-state index contributed by atoms with van der Waals surface area (Å²) in [6.07, 6.45) is 0. The first-order chi connectivity index (χ1) is 8.49. The van der Waals surface area contributed by atoms with E-state index in [2.05, 4.69) is 18.9 Å². The van der Waals surface area contributed by atoms with E-state index in [-0.39, 0.29) is 5.82 Å². The van der Waals surface area contributed by atoms with Crippen LogP contribution in [0.25, 0.3) is 0 Å². The van der Waals surface area contributed by atoms with E-state index in [1.165, 1.54) is 12.1 Å². The Morgan fingerprint density at radius 2 is 1.89 bits per heavy atom. The van der Waals surface area contributed by atoms with Gasteiger partial charge in [-0.15, -0.1) is 0 Å². The standard InChI is InChI=1S/C14H16ClFN2/c1-9(2)13-10(3)17-18(14(13)15)8-11-4-6-12(16)7-5-11/h4-7,9H,8H2,1-3H3. The number of nitrogens with zero attached hydrogens (tertiary/aromatic N) is 2. The van der Waals surface area contributed by atoms with Crippen LogP contribution < -0.4 is 0 Å². The van der Waals surface area contributed by atoms with E-state index >= 15 is 0 Å². The summed E-state index contributed by atoms with van der Waals surface area (Å²) in [5.74, 6) is 0.115. The van der Waals surface area contributed by atoms with Crippen molar-refractivity contribution in [3.8, 4) is 0 Å². The van der Waals surface area contributed by atoms with E-state index in [4.69, 9.17) is 11.6 Å². The van der Waals surface area contributed by atoms with E-state index in [0.717, 1.165) is 16.8 Å². The van der Waals surface area contributed by atoms with E-state index in [0.29, 0.717) is 17.6 Å². The van der Waals surface area contributed by atoms with Crippen LogP contribution in [0, 0.1) is 12.7 Å². The lowest BCUT2D eigenvalue weighted by atomic mass is 10.1. The third-order valence-corrected chi connectivity index (χ3v) is 3.33. The fourth-order valence-electron chi connectivity index (χ4n) is 2.09. The normalized spacial score (nSPS) is 11.2. The Morgan fingerprint density at radius 3 is 2.39 bits per heavy atom. The van der Waals surface area contributed by atoms with Gasteiger partial charge in [-0.25, -0.2) is 9.07 Å². The molecule has 0 saturated heterocycles. The molecular formula is C14H16ClFN2. The molecule has 0 aliphatic carbocycles. The molecule has 0 bridgehead atoms. The number of aryl methyl sites for hydroxylation is 1. The summed E-state index contributed by atoms with van der Waals surface area (Å²) in [5, 5.41) is 5.11. The van der Waals surface area contributed by atoms with Gasteiger partial charge >= 0.3 is 0 Å². The van der Waals surface area contributed by atoms with E-state index in [1.54, 1.807) is 16.8 Å². The van der Waals surface area contributed by atoms with Crippen LogP contribution in [0.1, 0.15) is 36.6 Å². The Hall–Kier alpha value is -1.35. The summed E-state index contributed by atoms with van der Waals surface area (Å²) in [5.41, 5.74) is 3.02. The fourth-order valence-corrected chi connectivity index (χ4v) is 2.54. The van der Waals surface area contributed by atoms with Gasteiger partial charge in [-0.2, -0.15) is 5.10 Å². The molecule has 0 atom stereocenters. The van der Waals surface area contributed by atoms with Crippen molar-refractivity contribution in [3.63, 3.8) is 0 Å². The molecule has 96 valence electrons. The molecule has 1 aromatic heterocycles. The molecule has 2 rings (SSSR count). The van der Waals surface area contributed by atoms with Gasteiger partial charge in [0.25, 0.3) is 0 Å². The highest BCUT2D eigenvalue weighted by atomic mass is 35.5. The average molecular weight is 267 g/mol. The van der Waals surface area contributed by atoms with Gasteiger partial charge in [-0.05, 0) is 30.5 Å². The second-order valence-electron chi connectivity index (χ2n) is 4.73. The quantitative estimate of drug-likeness (QED) is 0.816. The Kier molecular flexibility index (Phi) is 3.71. The zero-order valence-corrected chi connectivity index (χ0v) is 11.5. The number of hydrogen-bond donors (Lipinski definition) is 0. The van der Waals surface area contributed by atoms with E-state index in [9.17, 15) is 4.39 Å². The van der Waals surface area contributed by atoms with Crippen molar-refractivity contribution in [1.29, 1.82) is 0 Å². The summed E-state index contributed by atoms with van der Waals surface area (Å²) in [6, 6.07) is 6.39. The lowest BCUT2D eigenvalue weighted by molar-refractivity contribution is 0.624. The molecule has 2 aromatic rings. The number of hydrogen-bond acceptors (Lipinski definition) is 1. The SMILES string of the molecule is Cc1nn(Cc2ccc(F)cc2)c(Cl)c1C(C)C. The summed E-state index contributed by atoms with van der Waals surface area (Å²) in [6.45, 7) is 6.71. The molecule has 2 nitrogen and oxygen atoms in total. The highest BCUT2D eigenvalue weighted by Crippen LogP contribution is 2.27. The summed E-state index contributed by atoms with van der Waals surface area (Å²) in [7, 11) is 0. The molecule has 4 heteroatoms. The van der Waals surface area contributed by atoms with Crippen LogP contribution >= 0.6 is 11.6 Å². The Bertz CT molecular complexity index is 544. The monoisotopic (exact) mass is 266 g/mol. The van der Waals surface area contributed by atoms with Crippen LogP contribution in [0.4, 0.5) is 4.39 Å². The van der Waals surface area contributed by atoms with Crippen molar-refractivity contribution in [2.75, 3.05) is 0 Å². The Labute approximate surface area is 111 Å². The van der Waals surface area contributed by atoms with E-state index in [1.807, 2.05) is 6.92 Å². The molecule has 0 radical (unpaired) electrons. The Morgan fingerprint density at radius 1 is 1.28 bits per heavy atom. The van der Waals surface area contributed by atoms with Crippen molar-refractivity contribution >= 4 is 11.6 Å². The molecule has 0 N–H and O–H groups in total. The Balaban J connectivity index is 2.30. The second kappa shape index (κ2) is 5.11. The number of rotatable bonds is 3. The molecule has 0 aliphatic heterocycles. The van der Waals surface area contributed by atoms with Crippen LogP contribution in [0.5, 0.6) is 0 Å². The van der Waals surface area contributed by atoms with Gasteiger partial charge in [0, 0.05) is 5.56 Å². The predicted octanol–water partition coefficient (Wildman–Crippen LogP) is 4.16. The zero-order valence-electron chi connectivity index (χ0n) is 10.7. The third kappa shape index (κ3) is 2.56. The maximum Gasteiger partial charge on any atom is 0.131 e. The molecule has 0 aliphatic rings. The van der Waals surface area contributed by atoms with E-state index < -0.39 is 0 Å².